The van der Waals surface area contributed by atoms with Gasteiger partial charge >= 0.3 is 5.63 Å². The highest BCUT2D eigenvalue weighted by Gasteiger charge is 2.12. The van der Waals surface area contributed by atoms with Gasteiger partial charge in [-0.3, -0.25) is 4.79 Å². The zero-order valence-corrected chi connectivity index (χ0v) is 15.5. The summed E-state index contributed by atoms with van der Waals surface area (Å²) < 4.78 is 10.5. The van der Waals surface area contributed by atoms with Crippen LogP contribution in [-0.4, -0.2) is 18.9 Å². The molecule has 7 heteroatoms. The molecular formula is C22H17N3O4. The molecule has 0 radical (unpaired) electrons. The lowest BCUT2D eigenvalue weighted by Gasteiger charge is -2.06. The molecule has 3 aromatic carbocycles. The Balaban J connectivity index is 1.67. The molecule has 1 amide bonds. The first kappa shape index (κ1) is 18.2. The molecule has 0 aliphatic heterocycles. The van der Waals surface area contributed by atoms with Gasteiger partial charge in [-0.1, -0.05) is 30.3 Å². The Labute approximate surface area is 165 Å². The van der Waals surface area contributed by atoms with E-state index in [0.717, 1.165) is 16.2 Å². The summed E-state index contributed by atoms with van der Waals surface area (Å²) in [6.07, 6.45) is 0. The normalized spacial score (nSPS) is 11.6. The van der Waals surface area contributed by atoms with Crippen molar-refractivity contribution in [3.05, 3.63) is 88.3 Å². The second-order valence-corrected chi connectivity index (χ2v) is 6.31. The van der Waals surface area contributed by atoms with E-state index in [0.29, 0.717) is 16.9 Å². The number of rotatable bonds is 4. The van der Waals surface area contributed by atoms with Crippen molar-refractivity contribution < 1.29 is 13.9 Å². The number of fused-ring (bicyclic) bond motifs is 3. The molecule has 1 aromatic heterocycles. The highest BCUT2D eigenvalue weighted by Crippen LogP contribution is 2.24. The van der Waals surface area contributed by atoms with Crippen LogP contribution in [0.25, 0.3) is 21.7 Å². The minimum atomic E-state index is -0.632. The first-order chi connectivity index (χ1) is 14.1. The molecule has 3 N–H and O–H groups in total. The summed E-state index contributed by atoms with van der Waals surface area (Å²) in [6.45, 7) is 0. The van der Waals surface area contributed by atoms with Crippen LogP contribution in [-0.2, 0) is 0 Å². The summed E-state index contributed by atoms with van der Waals surface area (Å²) in [6, 6.07) is 19.5. The maximum atomic E-state index is 12.3. The topological polar surface area (TPSA) is 107 Å². The van der Waals surface area contributed by atoms with Crippen LogP contribution >= 0.6 is 0 Å². The SMILES string of the molecule is COc1ccc(C(=O)N/N=C(/N)c2cc3c(ccc4ccccc43)oc2=O)cc1. The van der Waals surface area contributed by atoms with Crippen LogP contribution in [0.2, 0.25) is 0 Å². The van der Waals surface area contributed by atoms with Gasteiger partial charge < -0.3 is 14.9 Å². The molecular weight excluding hydrogens is 370 g/mol. The number of nitrogens with zero attached hydrogens (tertiary/aromatic N) is 1. The maximum absolute atomic E-state index is 12.3. The van der Waals surface area contributed by atoms with Crippen molar-refractivity contribution in [1.82, 2.24) is 5.43 Å². The first-order valence-electron chi connectivity index (χ1n) is 8.80. The molecule has 0 bridgehead atoms. The summed E-state index contributed by atoms with van der Waals surface area (Å²) in [7, 11) is 1.54. The van der Waals surface area contributed by atoms with E-state index >= 15 is 0 Å². The van der Waals surface area contributed by atoms with Gasteiger partial charge in [0.2, 0.25) is 0 Å². The number of amides is 1. The molecule has 0 aliphatic carbocycles. The fourth-order valence-corrected chi connectivity index (χ4v) is 3.03. The van der Waals surface area contributed by atoms with E-state index in [4.69, 9.17) is 14.9 Å². The number of ether oxygens (including phenoxy) is 1. The van der Waals surface area contributed by atoms with E-state index in [2.05, 4.69) is 10.5 Å². The monoisotopic (exact) mass is 387 g/mol. The van der Waals surface area contributed by atoms with Crippen LogP contribution in [0, 0.1) is 0 Å². The fraction of sp³-hybridized carbons (Fsp3) is 0.0455. The van der Waals surface area contributed by atoms with Crippen LogP contribution in [0.3, 0.4) is 0 Å². The zero-order chi connectivity index (χ0) is 20.4. The standard InChI is InChI=1S/C22H17N3O4/c1-28-15-9-6-14(7-10-15)21(26)25-24-20(23)18-12-17-16-5-3-2-4-13(16)8-11-19(17)29-22(18)27/h2-12H,1H3,(H2,23,24)(H,25,26). The number of hydrazone groups is 1. The predicted octanol–water partition coefficient (Wildman–Crippen LogP) is 3.01. The van der Waals surface area contributed by atoms with Crippen molar-refractivity contribution >= 4 is 33.5 Å². The van der Waals surface area contributed by atoms with Crippen molar-refractivity contribution in [1.29, 1.82) is 0 Å². The van der Waals surface area contributed by atoms with E-state index in [-0.39, 0.29) is 11.4 Å². The summed E-state index contributed by atoms with van der Waals surface area (Å²) in [5.41, 5.74) is 8.57. The molecule has 1 heterocycles. The van der Waals surface area contributed by atoms with Gasteiger partial charge in [-0.05, 0) is 47.2 Å². The lowest BCUT2D eigenvalue weighted by molar-refractivity contribution is 0.0954. The minimum absolute atomic E-state index is 0.0730. The Kier molecular flexibility index (Phi) is 4.70. The number of nitrogens with one attached hydrogen (secondary N) is 1. The Morgan fingerprint density at radius 2 is 1.79 bits per heavy atom. The molecule has 0 atom stereocenters. The van der Waals surface area contributed by atoms with Gasteiger partial charge in [0.25, 0.3) is 5.91 Å². The van der Waals surface area contributed by atoms with Crippen molar-refractivity contribution in [2.45, 2.75) is 0 Å². The second-order valence-electron chi connectivity index (χ2n) is 6.31. The van der Waals surface area contributed by atoms with Crippen molar-refractivity contribution in [2.75, 3.05) is 7.11 Å². The Morgan fingerprint density at radius 3 is 2.55 bits per heavy atom. The van der Waals surface area contributed by atoms with Gasteiger partial charge in [-0.2, -0.15) is 5.10 Å². The smallest absolute Gasteiger partial charge is 0.347 e. The quantitative estimate of drug-likeness (QED) is 0.184. The summed E-state index contributed by atoms with van der Waals surface area (Å²) >= 11 is 0. The average Bonchev–Trinajstić information content (AvgIpc) is 2.76. The van der Waals surface area contributed by atoms with Gasteiger partial charge in [0.05, 0.1) is 7.11 Å². The highest BCUT2D eigenvalue weighted by atomic mass is 16.5. The largest absolute Gasteiger partial charge is 0.497 e. The van der Waals surface area contributed by atoms with E-state index in [1.165, 1.54) is 0 Å². The van der Waals surface area contributed by atoms with Gasteiger partial charge in [-0.25, -0.2) is 10.2 Å². The third kappa shape index (κ3) is 3.53. The number of nitrogens with two attached hydrogens (primary N) is 1. The molecule has 0 fully saturated rings. The average molecular weight is 387 g/mol. The molecule has 4 rings (SSSR count). The van der Waals surface area contributed by atoms with E-state index in [1.54, 1.807) is 43.5 Å². The molecule has 0 saturated heterocycles. The Hall–Kier alpha value is -4.13. The van der Waals surface area contributed by atoms with Crippen molar-refractivity contribution in [2.24, 2.45) is 10.8 Å². The number of carbonyl (C=O) groups excluding carboxylic acids is 1. The second kappa shape index (κ2) is 7.47. The molecule has 4 aromatic rings. The van der Waals surface area contributed by atoms with Gasteiger partial charge in [0.1, 0.15) is 16.9 Å². The van der Waals surface area contributed by atoms with Crippen LogP contribution in [0.5, 0.6) is 5.75 Å². The highest BCUT2D eigenvalue weighted by molar-refractivity contribution is 6.08. The van der Waals surface area contributed by atoms with E-state index in [1.807, 2.05) is 30.3 Å². The molecule has 0 unspecified atom stereocenters. The molecule has 0 spiro atoms. The van der Waals surface area contributed by atoms with Crippen LogP contribution in [0.4, 0.5) is 0 Å². The number of methoxy groups -OCH3 is 1. The summed E-state index contributed by atoms with van der Waals surface area (Å²) in [5.74, 6) is 0.0206. The van der Waals surface area contributed by atoms with Gasteiger partial charge in [-0.15, -0.1) is 0 Å². The van der Waals surface area contributed by atoms with E-state index in [9.17, 15) is 9.59 Å². The summed E-state index contributed by atoms with van der Waals surface area (Å²) in [5, 5.41) is 6.52. The van der Waals surface area contributed by atoms with Crippen LogP contribution in [0.1, 0.15) is 15.9 Å². The minimum Gasteiger partial charge on any atom is -0.497 e. The molecule has 0 aliphatic rings. The molecule has 29 heavy (non-hydrogen) atoms. The zero-order valence-electron chi connectivity index (χ0n) is 15.5. The number of hydrogen-bond donors (Lipinski definition) is 2. The predicted molar refractivity (Wildman–Crippen MR) is 111 cm³/mol. The van der Waals surface area contributed by atoms with E-state index < -0.39 is 11.5 Å². The first-order valence-corrected chi connectivity index (χ1v) is 8.80. The van der Waals surface area contributed by atoms with Crippen molar-refractivity contribution in [3.63, 3.8) is 0 Å². The van der Waals surface area contributed by atoms with Crippen molar-refractivity contribution in [3.8, 4) is 5.75 Å². The van der Waals surface area contributed by atoms with Crippen LogP contribution in [0.15, 0.2) is 81.0 Å². The third-order valence-electron chi connectivity index (χ3n) is 4.55. The summed E-state index contributed by atoms with van der Waals surface area (Å²) in [4.78, 5) is 24.6. The fourth-order valence-electron chi connectivity index (χ4n) is 3.03. The number of amidine groups is 1. The maximum Gasteiger partial charge on any atom is 0.347 e. The van der Waals surface area contributed by atoms with Crippen LogP contribution < -0.4 is 21.5 Å². The number of benzene rings is 3. The lowest BCUT2D eigenvalue weighted by atomic mass is 10.0. The molecule has 0 saturated carbocycles. The van der Waals surface area contributed by atoms with Gasteiger partial charge in [0, 0.05) is 10.9 Å². The number of hydrogen-bond acceptors (Lipinski definition) is 5. The molecule has 144 valence electrons. The van der Waals surface area contributed by atoms with Gasteiger partial charge in [0.15, 0.2) is 5.84 Å². The Bertz CT molecular complexity index is 1310. The lowest BCUT2D eigenvalue weighted by Crippen LogP contribution is -2.27. The Morgan fingerprint density at radius 1 is 1.03 bits per heavy atom. The molecule has 7 nitrogen and oxygen atoms in total. The third-order valence-corrected chi connectivity index (χ3v) is 4.55. The number of carbonyl (C=O) groups is 1.